The zero-order valence-corrected chi connectivity index (χ0v) is 17.6. The highest BCUT2D eigenvalue weighted by atomic mass is 32.1. The molecule has 4 rings (SSSR count). The lowest BCUT2D eigenvalue weighted by molar-refractivity contribution is 0.348. The highest BCUT2D eigenvalue weighted by Gasteiger charge is 2.18. The van der Waals surface area contributed by atoms with Crippen LogP contribution in [0.2, 0.25) is 0 Å². The minimum Gasteiger partial charge on any atom is -0.496 e. The molecule has 0 spiro atoms. The third-order valence-electron chi connectivity index (χ3n) is 5.25. The van der Waals surface area contributed by atoms with Crippen molar-refractivity contribution in [2.24, 2.45) is 0 Å². The molecule has 2 aromatic heterocycles. The molecular formula is C22H24N2O4S. The van der Waals surface area contributed by atoms with Gasteiger partial charge >= 0.3 is 0 Å². The lowest BCUT2D eigenvalue weighted by Gasteiger charge is -2.12. The van der Waals surface area contributed by atoms with Crippen LogP contribution in [0.25, 0.3) is 22.4 Å². The monoisotopic (exact) mass is 412 g/mol. The number of thiophene rings is 1. The predicted molar refractivity (Wildman–Crippen MR) is 117 cm³/mol. The minimum atomic E-state index is -0.0617. The Labute approximate surface area is 173 Å². The molecule has 0 bridgehead atoms. The van der Waals surface area contributed by atoms with Crippen molar-refractivity contribution in [3.8, 4) is 17.2 Å². The average molecular weight is 413 g/mol. The maximum absolute atomic E-state index is 12.8. The molecule has 0 unspecified atom stereocenters. The van der Waals surface area contributed by atoms with Crippen LogP contribution in [0.4, 0.5) is 0 Å². The van der Waals surface area contributed by atoms with Gasteiger partial charge in [0.15, 0.2) is 11.5 Å². The highest BCUT2D eigenvalue weighted by molar-refractivity contribution is 7.18. The van der Waals surface area contributed by atoms with Gasteiger partial charge in [0.05, 0.1) is 26.7 Å². The van der Waals surface area contributed by atoms with E-state index in [4.69, 9.17) is 19.2 Å². The molecule has 0 saturated heterocycles. The van der Waals surface area contributed by atoms with E-state index >= 15 is 0 Å². The van der Waals surface area contributed by atoms with Crippen LogP contribution < -0.4 is 19.8 Å². The molecule has 6 nitrogen and oxygen atoms in total. The molecule has 0 saturated carbocycles. The molecule has 1 aliphatic carbocycles. The Morgan fingerprint density at radius 3 is 2.45 bits per heavy atom. The summed E-state index contributed by atoms with van der Waals surface area (Å²) in [5.74, 6) is 2.36. The Balaban J connectivity index is 1.73. The van der Waals surface area contributed by atoms with Crippen LogP contribution in [0.1, 0.15) is 41.1 Å². The zero-order chi connectivity index (χ0) is 20.4. The standard InChI is InChI=1S/C22H24N2O4S/c1-26-15-12-17(28-3)16(27-2)11-13(15)9-10-19-23-21(25)20-14-7-5-4-6-8-18(14)29-22(20)24-19/h9-12H,4-8H2,1-3H3,(H,23,24,25)/b10-9+. The van der Waals surface area contributed by atoms with E-state index in [1.54, 1.807) is 44.8 Å². The van der Waals surface area contributed by atoms with Gasteiger partial charge in [-0.2, -0.15) is 0 Å². The zero-order valence-electron chi connectivity index (χ0n) is 16.8. The van der Waals surface area contributed by atoms with E-state index in [9.17, 15) is 4.79 Å². The summed E-state index contributed by atoms with van der Waals surface area (Å²) in [6, 6.07) is 3.60. The number of fused-ring (bicyclic) bond motifs is 3. The molecule has 152 valence electrons. The van der Waals surface area contributed by atoms with E-state index in [-0.39, 0.29) is 5.56 Å². The number of methoxy groups -OCH3 is 3. The first kappa shape index (κ1) is 19.5. The van der Waals surface area contributed by atoms with Crippen molar-refractivity contribution in [3.05, 3.63) is 44.3 Å². The van der Waals surface area contributed by atoms with Crippen molar-refractivity contribution in [2.75, 3.05) is 21.3 Å². The number of aromatic nitrogens is 2. The smallest absolute Gasteiger partial charge is 0.260 e. The summed E-state index contributed by atoms with van der Waals surface area (Å²) in [7, 11) is 4.77. The number of rotatable bonds is 5. The largest absolute Gasteiger partial charge is 0.496 e. The lowest BCUT2D eigenvalue weighted by Crippen LogP contribution is -2.10. The van der Waals surface area contributed by atoms with Crippen LogP contribution in [-0.2, 0) is 12.8 Å². The van der Waals surface area contributed by atoms with E-state index in [2.05, 4.69) is 4.98 Å². The Hall–Kier alpha value is -2.80. The van der Waals surface area contributed by atoms with Crippen molar-refractivity contribution in [1.82, 2.24) is 9.97 Å². The van der Waals surface area contributed by atoms with Gasteiger partial charge in [0.1, 0.15) is 16.4 Å². The molecule has 3 aromatic rings. The predicted octanol–water partition coefficient (Wildman–Crippen LogP) is 4.45. The fourth-order valence-electron chi connectivity index (χ4n) is 3.79. The second kappa shape index (κ2) is 8.29. The van der Waals surface area contributed by atoms with Gasteiger partial charge in [-0.3, -0.25) is 4.79 Å². The van der Waals surface area contributed by atoms with E-state index in [0.717, 1.165) is 35.0 Å². The summed E-state index contributed by atoms with van der Waals surface area (Å²) < 4.78 is 16.2. The third-order valence-corrected chi connectivity index (χ3v) is 6.44. The first-order valence-electron chi connectivity index (χ1n) is 9.67. The summed E-state index contributed by atoms with van der Waals surface area (Å²) in [6.07, 6.45) is 9.20. The fourth-order valence-corrected chi connectivity index (χ4v) is 5.06. The maximum Gasteiger partial charge on any atom is 0.260 e. The lowest BCUT2D eigenvalue weighted by atomic mass is 10.1. The van der Waals surface area contributed by atoms with E-state index in [0.29, 0.717) is 23.1 Å². The molecule has 1 aliphatic rings. The molecule has 0 radical (unpaired) electrons. The number of aromatic amines is 1. The highest BCUT2D eigenvalue weighted by Crippen LogP contribution is 2.36. The van der Waals surface area contributed by atoms with Crippen molar-refractivity contribution >= 4 is 33.7 Å². The van der Waals surface area contributed by atoms with Gasteiger partial charge in [0.2, 0.25) is 0 Å². The number of aryl methyl sites for hydroxylation is 2. The molecule has 29 heavy (non-hydrogen) atoms. The summed E-state index contributed by atoms with van der Waals surface area (Å²) in [4.78, 5) is 22.5. The van der Waals surface area contributed by atoms with Crippen molar-refractivity contribution < 1.29 is 14.2 Å². The first-order valence-corrected chi connectivity index (χ1v) is 10.5. The van der Waals surface area contributed by atoms with Gasteiger partial charge in [-0.15, -0.1) is 11.3 Å². The van der Waals surface area contributed by atoms with Gasteiger partial charge in [-0.25, -0.2) is 4.98 Å². The second-order valence-corrected chi connectivity index (χ2v) is 8.06. The number of hydrogen-bond acceptors (Lipinski definition) is 6. The maximum atomic E-state index is 12.8. The minimum absolute atomic E-state index is 0.0617. The number of nitrogens with zero attached hydrogens (tertiary/aromatic N) is 1. The summed E-state index contributed by atoms with van der Waals surface area (Å²) in [5.41, 5.74) is 1.94. The molecule has 0 fully saturated rings. The van der Waals surface area contributed by atoms with Gasteiger partial charge < -0.3 is 19.2 Å². The summed E-state index contributed by atoms with van der Waals surface area (Å²) in [5, 5.41) is 0.771. The van der Waals surface area contributed by atoms with E-state index in [1.165, 1.54) is 23.3 Å². The number of hydrogen-bond donors (Lipinski definition) is 1. The van der Waals surface area contributed by atoms with Crippen LogP contribution >= 0.6 is 11.3 Å². The number of ether oxygens (including phenoxy) is 3. The van der Waals surface area contributed by atoms with Gasteiger partial charge in [-0.1, -0.05) is 6.42 Å². The summed E-state index contributed by atoms with van der Waals surface area (Å²) >= 11 is 1.66. The fraction of sp³-hybridized carbons (Fsp3) is 0.364. The van der Waals surface area contributed by atoms with Gasteiger partial charge in [0.25, 0.3) is 5.56 Å². The Kier molecular flexibility index (Phi) is 5.58. The molecule has 0 aliphatic heterocycles. The number of H-pyrrole nitrogens is 1. The van der Waals surface area contributed by atoms with Gasteiger partial charge in [-0.05, 0) is 49.5 Å². The average Bonchev–Trinajstić information content (AvgIpc) is 2.93. The van der Waals surface area contributed by atoms with Crippen molar-refractivity contribution in [3.63, 3.8) is 0 Å². The molecule has 2 heterocycles. The third kappa shape index (κ3) is 3.74. The Morgan fingerprint density at radius 1 is 0.966 bits per heavy atom. The topological polar surface area (TPSA) is 73.4 Å². The van der Waals surface area contributed by atoms with Crippen LogP contribution in [0.3, 0.4) is 0 Å². The van der Waals surface area contributed by atoms with Crippen LogP contribution in [0.15, 0.2) is 16.9 Å². The number of nitrogens with one attached hydrogen (secondary N) is 1. The molecule has 0 amide bonds. The van der Waals surface area contributed by atoms with Gasteiger partial charge in [0, 0.05) is 16.5 Å². The molecular weight excluding hydrogens is 388 g/mol. The van der Waals surface area contributed by atoms with Crippen LogP contribution in [-0.4, -0.2) is 31.3 Å². The van der Waals surface area contributed by atoms with Crippen LogP contribution in [0.5, 0.6) is 17.2 Å². The Bertz CT molecular complexity index is 1130. The number of benzene rings is 1. The van der Waals surface area contributed by atoms with E-state index < -0.39 is 0 Å². The second-order valence-electron chi connectivity index (χ2n) is 6.98. The first-order chi connectivity index (χ1) is 14.1. The molecule has 1 N–H and O–H groups in total. The normalized spacial score (nSPS) is 14.0. The quantitative estimate of drug-likeness (QED) is 0.627. The van der Waals surface area contributed by atoms with Crippen molar-refractivity contribution in [1.29, 1.82) is 0 Å². The Morgan fingerprint density at radius 2 is 1.69 bits per heavy atom. The molecule has 1 aromatic carbocycles. The van der Waals surface area contributed by atoms with Crippen molar-refractivity contribution in [2.45, 2.75) is 32.1 Å². The van der Waals surface area contributed by atoms with Crippen LogP contribution in [0, 0.1) is 0 Å². The molecule has 7 heteroatoms. The van der Waals surface area contributed by atoms with E-state index in [1.807, 2.05) is 12.1 Å². The summed E-state index contributed by atoms with van der Waals surface area (Å²) in [6.45, 7) is 0. The molecule has 0 atom stereocenters. The SMILES string of the molecule is COc1cc(OC)c(OC)cc1/C=C/c1nc2sc3c(c2c(=O)[nH]1)CCCCC3.